The number of nitrogens with zero attached hydrogens (tertiary/aromatic N) is 2. The van der Waals surface area contributed by atoms with Crippen LogP contribution in [0.2, 0.25) is 5.02 Å². The third-order valence-corrected chi connectivity index (χ3v) is 10.5. The fraction of sp³-hybridized carbons (Fsp3) is 0.111. The Balaban J connectivity index is 1.38. The van der Waals surface area contributed by atoms with Crippen molar-refractivity contribution in [3.63, 3.8) is 0 Å². The quantitative estimate of drug-likeness (QED) is 0.142. The van der Waals surface area contributed by atoms with Gasteiger partial charge in [-0.3, -0.25) is 14.6 Å². The molecule has 1 amide bonds. The number of carboxylic acids is 2. The average molecular weight is 682 g/mol. The highest BCUT2D eigenvalue weighted by molar-refractivity contribution is 7.89. The number of halogens is 1. The molecule has 0 aliphatic heterocycles. The van der Waals surface area contributed by atoms with Crippen LogP contribution in [0.5, 0.6) is 0 Å². The van der Waals surface area contributed by atoms with E-state index in [1.54, 1.807) is 85.1 Å². The molecule has 1 aliphatic rings. The topological polar surface area (TPSA) is 154 Å². The van der Waals surface area contributed by atoms with E-state index in [9.17, 15) is 33.0 Å². The van der Waals surface area contributed by atoms with Crippen LogP contribution in [0.25, 0.3) is 11.1 Å². The average Bonchev–Trinajstić information content (AvgIpc) is 3.85. The zero-order chi connectivity index (χ0) is 34.1. The summed E-state index contributed by atoms with van der Waals surface area (Å²) in [6.07, 6.45) is 2.91. The number of sulfonamides is 1. The van der Waals surface area contributed by atoms with Crippen molar-refractivity contribution in [2.45, 2.75) is 29.3 Å². The van der Waals surface area contributed by atoms with Crippen LogP contribution < -0.4 is 5.32 Å². The van der Waals surface area contributed by atoms with E-state index in [0.717, 1.165) is 15.4 Å². The number of rotatable bonds is 11. The molecule has 1 aliphatic carbocycles. The molecule has 2 unspecified atom stereocenters. The number of pyridine rings is 1. The first-order valence-corrected chi connectivity index (χ1v) is 16.6. The predicted molar refractivity (Wildman–Crippen MR) is 179 cm³/mol. The Bertz CT molecular complexity index is 2130. The van der Waals surface area contributed by atoms with Crippen molar-refractivity contribution in [2.75, 3.05) is 5.32 Å². The lowest BCUT2D eigenvalue weighted by Gasteiger charge is -2.30. The molecule has 1 fully saturated rings. The summed E-state index contributed by atoms with van der Waals surface area (Å²) in [6, 6.07) is 28.7. The molecule has 1 heterocycles. The molecule has 0 spiro atoms. The van der Waals surface area contributed by atoms with E-state index in [1.165, 1.54) is 36.5 Å². The minimum absolute atomic E-state index is 0.0525. The molecule has 1 saturated carbocycles. The summed E-state index contributed by atoms with van der Waals surface area (Å²) >= 11 is 6.01. The van der Waals surface area contributed by atoms with Crippen LogP contribution in [0.1, 0.15) is 44.2 Å². The summed E-state index contributed by atoms with van der Waals surface area (Å²) < 4.78 is 29.9. The zero-order valence-corrected chi connectivity index (χ0v) is 26.7. The molecular formula is C36H28ClN3O7S. The number of hydrogen-bond donors (Lipinski definition) is 3. The lowest BCUT2D eigenvalue weighted by atomic mass is 10.0. The predicted octanol–water partition coefficient (Wildman–Crippen LogP) is 6.55. The lowest BCUT2D eigenvalue weighted by molar-refractivity contribution is -0.143. The van der Waals surface area contributed by atoms with Gasteiger partial charge in [0.1, 0.15) is 5.54 Å². The van der Waals surface area contributed by atoms with Crippen LogP contribution >= 0.6 is 11.6 Å². The Hall–Kier alpha value is -5.36. The van der Waals surface area contributed by atoms with Gasteiger partial charge in [-0.15, -0.1) is 0 Å². The molecule has 0 saturated heterocycles. The van der Waals surface area contributed by atoms with Gasteiger partial charge in [0.15, 0.2) is 0 Å². The molecule has 1 aromatic heterocycles. The van der Waals surface area contributed by atoms with Crippen molar-refractivity contribution in [1.82, 2.24) is 9.29 Å². The third kappa shape index (κ3) is 6.43. The molecule has 48 heavy (non-hydrogen) atoms. The van der Waals surface area contributed by atoms with Gasteiger partial charge in [-0.2, -0.15) is 4.31 Å². The van der Waals surface area contributed by atoms with Gasteiger partial charge < -0.3 is 15.5 Å². The minimum Gasteiger partial charge on any atom is -0.480 e. The molecule has 0 radical (unpaired) electrons. The van der Waals surface area contributed by atoms with Gasteiger partial charge in [0.05, 0.1) is 16.0 Å². The molecule has 0 bridgehead atoms. The Kier molecular flexibility index (Phi) is 8.85. The lowest BCUT2D eigenvalue weighted by Crippen LogP contribution is -2.48. The van der Waals surface area contributed by atoms with E-state index in [-0.39, 0.29) is 16.9 Å². The van der Waals surface area contributed by atoms with Crippen molar-refractivity contribution in [3.8, 4) is 11.1 Å². The molecule has 10 nitrogen and oxygen atoms in total. The molecular weight excluding hydrogens is 654 g/mol. The second-order valence-corrected chi connectivity index (χ2v) is 13.7. The molecule has 2 atom stereocenters. The van der Waals surface area contributed by atoms with Gasteiger partial charge in [-0.25, -0.2) is 13.2 Å². The maximum Gasteiger partial charge on any atom is 0.335 e. The number of aliphatic carboxylic acids is 1. The standard InChI is InChI=1S/C36H28ClN3O7S/c37-29-13-9-24(10-14-29)25-11-15-31(16-12-25)48(46,47)40(22-23-4-1-6-27(18-23)34(42)43)36(35(44)45)20-32(36)26-5-2-8-30(19-26)39-33(41)28-7-3-17-38-21-28/h1-19,21,32H,20,22H2,(H,39,41)(H,42,43)(H,44,45). The van der Waals surface area contributed by atoms with Crippen LogP contribution in [-0.2, 0) is 21.4 Å². The number of aromatic carboxylic acids is 1. The van der Waals surface area contributed by atoms with Crippen LogP contribution in [0, 0.1) is 0 Å². The van der Waals surface area contributed by atoms with E-state index in [1.807, 2.05) is 0 Å². The Morgan fingerprint density at radius 1 is 0.854 bits per heavy atom. The highest BCUT2D eigenvalue weighted by Crippen LogP contribution is 2.58. The number of carbonyl (C=O) groups is 3. The zero-order valence-electron chi connectivity index (χ0n) is 25.2. The molecule has 242 valence electrons. The number of carbonyl (C=O) groups excluding carboxylic acids is 1. The monoisotopic (exact) mass is 681 g/mol. The summed E-state index contributed by atoms with van der Waals surface area (Å²) in [5.74, 6) is -3.75. The fourth-order valence-corrected chi connectivity index (χ4v) is 7.68. The van der Waals surface area contributed by atoms with E-state index in [4.69, 9.17) is 11.6 Å². The molecule has 12 heteroatoms. The van der Waals surface area contributed by atoms with Gasteiger partial charge in [0.2, 0.25) is 10.0 Å². The fourth-order valence-electron chi connectivity index (χ4n) is 5.80. The number of hydrogen-bond acceptors (Lipinski definition) is 6. The van der Waals surface area contributed by atoms with Gasteiger partial charge in [0.25, 0.3) is 5.91 Å². The van der Waals surface area contributed by atoms with Crippen LogP contribution in [0.15, 0.2) is 126 Å². The Morgan fingerprint density at radius 3 is 2.17 bits per heavy atom. The number of nitrogens with one attached hydrogen (secondary N) is 1. The largest absolute Gasteiger partial charge is 0.480 e. The van der Waals surface area contributed by atoms with Crippen molar-refractivity contribution in [1.29, 1.82) is 0 Å². The minimum atomic E-state index is -4.48. The molecule has 3 N–H and O–H groups in total. The van der Waals surface area contributed by atoms with Crippen molar-refractivity contribution in [2.24, 2.45) is 0 Å². The Labute approximate surface area is 281 Å². The van der Waals surface area contributed by atoms with Crippen LogP contribution in [0.4, 0.5) is 5.69 Å². The molecule has 6 rings (SSSR count). The van der Waals surface area contributed by atoms with Crippen molar-refractivity contribution < 1.29 is 33.0 Å². The normalized spacial score (nSPS) is 17.1. The second kappa shape index (κ2) is 13.0. The van der Waals surface area contributed by atoms with E-state index in [2.05, 4.69) is 10.3 Å². The van der Waals surface area contributed by atoms with E-state index >= 15 is 0 Å². The highest BCUT2D eigenvalue weighted by Gasteiger charge is 2.68. The summed E-state index contributed by atoms with van der Waals surface area (Å²) in [7, 11) is -4.48. The van der Waals surface area contributed by atoms with Crippen molar-refractivity contribution in [3.05, 3.63) is 149 Å². The Morgan fingerprint density at radius 2 is 1.52 bits per heavy atom. The van der Waals surface area contributed by atoms with Gasteiger partial charge in [-0.05, 0) is 89.3 Å². The second-order valence-electron chi connectivity index (χ2n) is 11.4. The number of carboxylic acid groups (broad SMARTS) is 2. The maximum atomic E-state index is 14.5. The van der Waals surface area contributed by atoms with Gasteiger partial charge >= 0.3 is 11.9 Å². The first kappa shape index (κ1) is 32.6. The van der Waals surface area contributed by atoms with Crippen molar-refractivity contribution >= 4 is 45.2 Å². The number of aromatic nitrogens is 1. The summed E-state index contributed by atoms with van der Waals surface area (Å²) in [5.41, 5.74) is 1.12. The number of benzene rings is 4. The first-order chi connectivity index (χ1) is 23.0. The molecule has 5 aromatic rings. The summed E-state index contributed by atoms with van der Waals surface area (Å²) in [6.45, 7) is -0.400. The SMILES string of the molecule is O=C(O)c1cccc(CN(C2(C(=O)O)CC2c2cccc(NC(=O)c3cccnc3)c2)S(=O)(=O)c2ccc(-c3ccc(Cl)cc3)cc2)c1. The highest BCUT2D eigenvalue weighted by atomic mass is 35.5. The van der Waals surface area contributed by atoms with Gasteiger partial charge in [-0.1, -0.05) is 60.1 Å². The number of anilines is 1. The van der Waals surface area contributed by atoms with E-state index < -0.39 is 45.9 Å². The van der Waals surface area contributed by atoms with Gasteiger partial charge in [0, 0.05) is 35.6 Å². The molecule has 4 aromatic carbocycles. The maximum absolute atomic E-state index is 14.5. The smallest absolute Gasteiger partial charge is 0.335 e. The third-order valence-electron chi connectivity index (χ3n) is 8.34. The first-order valence-electron chi connectivity index (χ1n) is 14.7. The summed E-state index contributed by atoms with van der Waals surface area (Å²) in [4.78, 5) is 41.5. The van der Waals surface area contributed by atoms with Crippen LogP contribution in [-0.4, -0.2) is 51.3 Å². The summed E-state index contributed by atoms with van der Waals surface area (Å²) in [5, 5.41) is 23.6. The van der Waals surface area contributed by atoms with Crippen LogP contribution in [0.3, 0.4) is 0 Å². The van der Waals surface area contributed by atoms with E-state index in [0.29, 0.717) is 27.4 Å². The number of amides is 1.